The molecule has 0 saturated heterocycles. The van der Waals surface area contributed by atoms with Gasteiger partial charge in [0.15, 0.2) is 0 Å². The maximum atomic E-state index is 13.4. The minimum Gasteiger partial charge on any atom is -0.348 e. The number of anilines is 1. The SMILES string of the molecule is Cc1cc(C)c(C(C)NC(=O)CN(c2ccc(Cl)cc2)S(=O)(=O)c2ccccc2)cc1C. The van der Waals surface area contributed by atoms with E-state index in [2.05, 4.69) is 17.4 Å². The quantitative estimate of drug-likeness (QED) is 0.507. The lowest BCUT2D eigenvalue weighted by atomic mass is 9.96. The fourth-order valence-corrected chi connectivity index (χ4v) is 5.15. The molecule has 0 radical (unpaired) electrons. The third-order valence-electron chi connectivity index (χ3n) is 5.46. The Labute approximate surface area is 195 Å². The van der Waals surface area contributed by atoms with Crippen LogP contribution in [-0.2, 0) is 14.8 Å². The van der Waals surface area contributed by atoms with E-state index in [1.54, 1.807) is 42.5 Å². The zero-order valence-electron chi connectivity index (χ0n) is 18.6. The van der Waals surface area contributed by atoms with Crippen LogP contribution in [0.3, 0.4) is 0 Å². The Morgan fingerprint density at radius 2 is 1.53 bits per heavy atom. The first-order valence-corrected chi connectivity index (χ1v) is 12.1. The van der Waals surface area contributed by atoms with Gasteiger partial charge in [-0.3, -0.25) is 9.10 Å². The van der Waals surface area contributed by atoms with E-state index in [0.29, 0.717) is 10.7 Å². The third kappa shape index (κ3) is 5.31. The molecule has 0 aromatic heterocycles. The van der Waals surface area contributed by atoms with E-state index in [1.165, 1.54) is 17.7 Å². The largest absolute Gasteiger partial charge is 0.348 e. The van der Waals surface area contributed by atoms with Crippen LogP contribution in [0.1, 0.15) is 35.2 Å². The highest BCUT2D eigenvalue weighted by molar-refractivity contribution is 7.92. The smallest absolute Gasteiger partial charge is 0.264 e. The number of rotatable bonds is 7. The Balaban J connectivity index is 1.89. The van der Waals surface area contributed by atoms with Gasteiger partial charge in [0, 0.05) is 5.02 Å². The molecule has 0 bridgehead atoms. The van der Waals surface area contributed by atoms with Gasteiger partial charge in [-0.1, -0.05) is 41.9 Å². The Morgan fingerprint density at radius 1 is 0.938 bits per heavy atom. The summed E-state index contributed by atoms with van der Waals surface area (Å²) in [5, 5.41) is 3.43. The van der Waals surface area contributed by atoms with Crippen LogP contribution in [0.15, 0.2) is 71.6 Å². The first kappa shape index (κ1) is 23.8. The number of carbonyl (C=O) groups is 1. The van der Waals surface area contributed by atoms with Crippen LogP contribution in [0.5, 0.6) is 0 Å². The predicted molar refractivity (Wildman–Crippen MR) is 130 cm³/mol. The Bertz CT molecular complexity index is 1210. The molecule has 3 aromatic carbocycles. The van der Waals surface area contributed by atoms with Crippen molar-refractivity contribution in [2.24, 2.45) is 0 Å². The molecule has 0 aliphatic rings. The number of hydrogen-bond donors (Lipinski definition) is 1. The van der Waals surface area contributed by atoms with Crippen LogP contribution in [0.25, 0.3) is 0 Å². The number of sulfonamides is 1. The Hall–Kier alpha value is -2.83. The average molecular weight is 471 g/mol. The van der Waals surface area contributed by atoms with E-state index in [-0.39, 0.29) is 17.5 Å². The van der Waals surface area contributed by atoms with Gasteiger partial charge >= 0.3 is 0 Å². The van der Waals surface area contributed by atoms with Gasteiger partial charge in [-0.05, 0) is 86.3 Å². The highest BCUT2D eigenvalue weighted by atomic mass is 35.5. The molecule has 0 aliphatic heterocycles. The minimum absolute atomic E-state index is 0.112. The van der Waals surface area contributed by atoms with Crippen molar-refractivity contribution in [2.45, 2.75) is 38.6 Å². The number of amides is 1. The lowest BCUT2D eigenvalue weighted by molar-refractivity contribution is -0.120. The monoisotopic (exact) mass is 470 g/mol. The summed E-state index contributed by atoms with van der Waals surface area (Å²) in [5.74, 6) is -0.399. The van der Waals surface area contributed by atoms with Gasteiger partial charge in [0.2, 0.25) is 5.91 Å². The molecule has 5 nitrogen and oxygen atoms in total. The van der Waals surface area contributed by atoms with Crippen molar-refractivity contribution in [1.82, 2.24) is 5.32 Å². The van der Waals surface area contributed by atoms with Gasteiger partial charge in [0.05, 0.1) is 16.6 Å². The summed E-state index contributed by atoms with van der Waals surface area (Å²) in [4.78, 5) is 13.1. The summed E-state index contributed by atoms with van der Waals surface area (Å²) in [5.41, 5.74) is 4.77. The molecular weight excluding hydrogens is 444 g/mol. The molecule has 0 fully saturated rings. The molecule has 1 N–H and O–H groups in total. The number of benzene rings is 3. The van der Waals surface area contributed by atoms with Gasteiger partial charge in [0.25, 0.3) is 10.0 Å². The highest BCUT2D eigenvalue weighted by Gasteiger charge is 2.27. The molecule has 7 heteroatoms. The van der Waals surface area contributed by atoms with Crippen molar-refractivity contribution in [3.8, 4) is 0 Å². The number of halogens is 1. The van der Waals surface area contributed by atoms with Gasteiger partial charge in [0.1, 0.15) is 6.54 Å². The van der Waals surface area contributed by atoms with E-state index < -0.39 is 15.9 Å². The minimum atomic E-state index is -3.95. The van der Waals surface area contributed by atoms with Crippen molar-refractivity contribution >= 4 is 33.2 Å². The third-order valence-corrected chi connectivity index (χ3v) is 7.50. The second kappa shape index (κ2) is 9.76. The van der Waals surface area contributed by atoms with Gasteiger partial charge < -0.3 is 5.32 Å². The molecule has 1 unspecified atom stereocenters. The molecule has 32 heavy (non-hydrogen) atoms. The van der Waals surface area contributed by atoms with Crippen LogP contribution in [-0.4, -0.2) is 20.9 Å². The first-order chi connectivity index (χ1) is 15.1. The Kier molecular flexibility index (Phi) is 7.26. The zero-order valence-corrected chi connectivity index (χ0v) is 20.2. The molecule has 0 spiro atoms. The maximum absolute atomic E-state index is 13.4. The first-order valence-electron chi connectivity index (χ1n) is 10.3. The summed E-state index contributed by atoms with van der Waals surface area (Å²) < 4.78 is 27.8. The van der Waals surface area contributed by atoms with E-state index in [4.69, 9.17) is 11.6 Å². The van der Waals surface area contributed by atoms with Crippen molar-refractivity contribution in [2.75, 3.05) is 10.8 Å². The fourth-order valence-electron chi connectivity index (χ4n) is 3.59. The van der Waals surface area contributed by atoms with Crippen LogP contribution >= 0.6 is 11.6 Å². The molecule has 0 saturated carbocycles. The normalized spacial score (nSPS) is 12.3. The topological polar surface area (TPSA) is 66.5 Å². The van der Waals surface area contributed by atoms with E-state index >= 15 is 0 Å². The lowest BCUT2D eigenvalue weighted by Gasteiger charge is -2.25. The number of nitrogens with zero attached hydrogens (tertiary/aromatic N) is 1. The molecular formula is C25H27ClN2O3S. The second-order valence-corrected chi connectivity index (χ2v) is 10.2. The van der Waals surface area contributed by atoms with Gasteiger partial charge in [-0.15, -0.1) is 0 Å². The number of aryl methyl sites for hydroxylation is 3. The van der Waals surface area contributed by atoms with Gasteiger partial charge in [-0.2, -0.15) is 0 Å². The molecule has 3 aromatic rings. The maximum Gasteiger partial charge on any atom is 0.264 e. The molecule has 3 rings (SSSR count). The number of nitrogens with one attached hydrogen (secondary N) is 1. The predicted octanol–water partition coefficient (Wildman–Crippen LogP) is 5.34. The van der Waals surface area contributed by atoms with Crippen LogP contribution in [0.4, 0.5) is 5.69 Å². The fraction of sp³-hybridized carbons (Fsp3) is 0.240. The van der Waals surface area contributed by atoms with Crippen LogP contribution in [0.2, 0.25) is 5.02 Å². The van der Waals surface area contributed by atoms with E-state index in [9.17, 15) is 13.2 Å². The highest BCUT2D eigenvalue weighted by Crippen LogP contribution is 2.26. The molecule has 1 amide bonds. The lowest BCUT2D eigenvalue weighted by Crippen LogP contribution is -2.41. The zero-order chi connectivity index (χ0) is 23.5. The van der Waals surface area contributed by atoms with Crippen molar-refractivity contribution < 1.29 is 13.2 Å². The summed E-state index contributed by atoms with van der Waals surface area (Å²) in [6.07, 6.45) is 0. The van der Waals surface area contributed by atoms with Gasteiger partial charge in [-0.25, -0.2) is 8.42 Å². The molecule has 168 valence electrons. The standard InChI is InChI=1S/C25H27ClN2O3S/c1-17-14-19(3)24(15-18(17)2)20(4)27-25(29)16-28(22-12-10-21(26)11-13-22)32(30,31)23-8-6-5-7-9-23/h5-15,20H,16H2,1-4H3,(H,27,29). The molecule has 0 heterocycles. The number of hydrogen-bond acceptors (Lipinski definition) is 3. The van der Waals surface area contributed by atoms with E-state index in [1.807, 2.05) is 27.7 Å². The van der Waals surface area contributed by atoms with Crippen molar-refractivity contribution in [3.63, 3.8) is 0 Å². The van der Waals surface area contributed by atoms with Crippen LogP contribution in [0, 0.1) is 20.8 Å². The molecule has 0 aliphatic carbocycles. The Morgan fingerprint density at radius 3 is 2.16 bits per heavy atom. The van der Waals surface area contributed by atoms with Crippen LogP contribution < -0.4 is 9.62 Å². The number of carbonyl (C=O) groups excluding carboxylic acids is 1. The molecule has 1 atom stereocenters. The van der Waals surface area contributed by atoms with Crippen molar-refractivity contribution in [1.29, 1.82) is 0 Å². The second-order valence-electron chi connectivity index (χ2n) is 7.88. The summed E-state index contributed by atoms with van der Waals surface area (Å²) >= 11 is 5.98. The van der Waals surface area contributed by atoms with E-state index in [0.717, 1.165) is 21.0 Å². The summed E-state index contributed by atoms with van der Waals surface area (Å²) in [7, 11) is -3.95. The van der Waals surface area contributed by atoms with Crippen molar-refractivity contribution in [3.05, 3.63) is 94.0 Å². The summed E-state index contributed by atoms with van der Waals surface area (Å²) in [6.45, 7) is 7.63. The average Bonchev–Trinajstić information content (AvgIpc) is 2.75. The summed E-state index contributed by atoms with van der Waals surface area (Å²) in [6, 6.07) is 18.3.